The van der Waals surface area contributed by atoms with E-state index >= 15 is 0 Å². The number of hydrogen-bond donors (Lipinski definition) is 0. The Hall–Kier alpha value is -4.14. The fourth-order valence-corrected chi connectivity index (χ4v) is 4.96. The van der Waals surface area contributed by atoms with E-state index in [0.717, 1.165) is 11.1 Å². The van der Waals surface area contributed by atoms with Gasteiger partial charge in [-0.1, -0.05) is 72.3 Å². The van der Waals surface area contributed by atoms with Crippen molar-refractivity contribution in [1.82, 2.24) is 4.90 Å². The van der Waals surface area contributed by atoms with Gasteiger partial charge in [-0.05, 0) is 41.1 Å². The molecule has 0 aliphatic carbocycles. The number of hydrogen-bond acceptors (Lipinski definition) is 6. The Morgan fingerprint density at radius 1 is 0.973 bits per heavy atom. The van der Waals surface area contributed by atoms with Gasteiger partial charge in [0, 0.05) is 23.8 Å². The first-order valence-corrected chi connectivity index (χ1v) is 12.6. The summed E-state index contributed by atoms with van der Waals surface area (Å²) in [6.07, 6.45) is 1.66. The minimum atomic E-state index is -0.489. The van der Waals surface area contributed by atoms with Crippen LogP contribution in [0.3, 0.4) is 0 Å². The standard InChI is InChI=1S/C28H20ClN3O4S/c29-24-13-11-21(32(34)35)15-23(24)25-14-12-22(36-25)16-26-27(33)31(18-20-9-5-2-6-10-20)28(37-26)30-17-19-7-3-1-4-8-19/h1-16H,17-18H2/b26-16-,30-28?. The predicted molar refractivity (Wildman–Crippen MR) is 146 cm³/mol. The van der Waals surface area contributed by atoms with E-state index in [0.29, 0.717) is 45.3 Å². The summed E-state index contributed by atoms with van der Waals surface area (Å²) in [7, 11) is 0. The number of non-ortho nitro benzene ring substituents is 1. The van der Waals surface area contributed by atoms with Crippen molar-refractivity contribution in [2.45, 2.75) is 13.1 Å². The molecule has 1 aliphatic heterocycles. The van der Waals surface area contributed by atoms with Crippen molar-refractivity contribution in [3.8, 4) is 11.3 Å². The Morgan fingerprint density at radius 3 is 2.38 bits per heavy atom. The zero-order valence-corrected chi connectivity index (χ0v) is 21.0. The second-order valence-electron chi connectivity index (χ2n) is 8.20. The molecule has 0 spiro atoms. The molecule has 0 radical (unpaired) electrons. The van der Waals surface area contributed by atoms with Crippen molar-refractivity contribution in [3.05, 3.63) is 128 Å². The fourth-order valence-electron chi connectivity index (χ4n) is 3.79. The number of carbonyl (C=O) groups is 1. The molecule has 1 fully saturated rings. The summed E-state index contributed by atoms with van der Waals surface area (Å²) >= 11 is 7.55. The van der Waals surface area contributed by atoms with E-state index in [4.69, 9.17) is 21.0 Å². The molecule has 2 heterocycles. The lowest BCUT2D eigenvalue weighted by Gasteiger charge is -2.15. The summed E-state index contributed by atoms with van der Waals surface area (Å²) in [5.74, 6) is 0.625. The van der Waals surface area contributed by atoms with E-state index in [9.17, 15) is 14.9 Å². The minimum Gasteiger partial charge on any atom is -0.457 e. The van der Waals surface area contributed by atoms with Crippen LogP contribution in [0.2, 0.25) is 5.02 Å². The monoisotopic (exact) mass is 529 g/mol. The lowest BCUT2D eigenvalue weighted by atomic mass is 10.1. The van der Waals surface area contributed by atoms with Gasteiger partial charge in [0.25, 0.3) is 11.6 Å². The zero-order valence-electron chi connectivity index (χ0n) is 19.4. The maximum atomic E-state index is 13.4. The van der Waals surface area contributed by atoms with Crippen LogP contribution in [0.15, 0.2) is 105 Å². The molecule has 1 amide bonds. The van der Waals surface area contributed by atoms with Gasteiger partial charge in [-0.3, -0.25) is 24.8 Å². The number of benzene rings is 3. The number of halogens is 1. The largest absolute Gasteiger partial charge is 0.457 e. The van der Waals surface area contributed by atoms with Crippen molar-refractivity contribution >= 4 is 46.2 Å². The van der Waals surface area contributed by atoms with E-state index in [1.165, 1.54) is 30.0 Å². The van der Waals surface area contributed by atoms with Gasteiger partial charge < -0.3 is 4.42 Å². The van der Waals surface area contributed by atoms with Crippen LogP contribution in [0.5, 0.6) is 0 Å². The average Bonchev–Trinajstić information content (AvgIpc) is 3.49. The van der Waals surface area contributed by atoms with Gasteiger partial charge in [0.15, 0.2) is 5.17 Å². The average molecular weight is 530 g/mol. The zero-order chi connectivity index (χ0) is 25.8. The lowest BCUT2D eigenvalue weighted by Crippen LogP contribution is -2.28. The third kappa shape index (κ3) is 5.66. The summed E-state index contributed by atoms with van der Waals surface area (Å²) in [5.41, 5.74) is 2.35. The van der Waals surface area contributed by atoms with Gasteiger partial charge in [0.1, 0.15) is 11.5 Å². The highest BCUT2D eigenvalue weighted by Gasteiger charge is 2.33. The van der Waals surface area contributed by atoms with Crippen molar-refractivity contribution in [1.29, 1.82) is 0 Å². The molecule has 3 aromatic carbocycles. The number of rotatable bonds is 7. The first-order chi connectivity index (χ1) is 18.0. The molecule has 184 valence electrons. The fraction of sp³-hybridized carbons (Fsp3) is 0.0714. The van der Waals surface area contributed by atoms with Crippen LogP contribution in [0.25, 0.3) is 17.4 Å². The summed E-state index contributed by atoms with van der Waals surface area (Å²) in [5, 5.41) is 12.1. The molecule has 1 saturated heterocycles. The number of carbonyl (C=O) groups excluding carboxylic acids is 1. The molecule has 1 aliphatic rings. The van der Waals surface area contributed by atoms with Crippen molar-refractivity contribution in [3.63, 3.8) is 0 Å². The number of furan rings is 1. The Bertz CT molecular complexity index is 1520. The second kappa shape index (κ2) is 10.9. The van der Waals surface area contributed by atoms with E-state index in [1.807, 2.05) is 60.7 Å². The van der Waals surface area contributed by atoms with Crippen LogP contribution in [-0.2, 0) is 17.9 Å². The molecule has 4 aromatic rings. The first-order valence-electron chi connectivity index (χ1n) is 11.4. The molecule has 9 heteroatoms. The molecule has 0 bridgehead atoms. The van der Waals surface area contributed by atoms with E-state index < -0.39 is 4.92 Å². The van der Waals surface area contributed by atoms with Crippen LogP contribution in [0, 0.1) is 10.1 Å². The third-order valence-electron chi connectivity index (χ3n) is 5.64. The van der Waals surface area contributed by atoms with Crippen molar-refractivity contribution < 1.29 is 14.1 Å². The second-order valence-corrected chi connectivity index (χ2v) is 9.61. The number of amidine groups is 1. The molecule has 5 rings (SSSR count). The maximum Gasteiger partial charge on any atom is 0.270 e. The van der Waals surface area contributed by atoms with Crippen molar-refractivity contribution in [2.24, 2.45) is 4.99 Å². The van der Waals surface area contributed by atoms with Gasteiger partial charge in [-0.15, -0.1) is 0 Å². The Labute approximate surface area is 222 Å². The Balaban J connectivity index is 1.44. The maximum absolute atomic E-state index is 13.4. The van der Waals surface area contributed by atoms with Crippen LogP contribution in [0.1, 0.15) is 16.9 Å². The summed E-state index contributed by atoms with van der Waals surface area (Å²) < 4.78 is 5.91. The highest BCUT2D eigenvalue weighted by atomic mass is 35.5. The summed E-state index contributed by atoms with van der Waals surface area (Å²) in [6, 6.07) is 27.1. The van der Waals surface area contributed by atoms with Gasteiger partial charge in [0.05, 0.1) is 27.9 Å². The quantitative estimate of drug-likeness (QED) is 0.144. The minimum absolute atomic E-state index is 0.0898. The van der Waals surface area contributed by atoms with Crippen molar-refractivity contribution in [2.75, 3.05) is 0 Å². The van der Waals surface area contributed by atoms with Crippen LogP contribution in [-0.4, -0.2) is 20.9 Å². The number of amides is 1. The SMILES string of the molecule is O=C1/C(=C/c2ccc(-c3cc([N+](=O)[O-])ccc3Cl)o2)SC(=NCc2ccccc2)N1Cc1ccccc1. The van der Waals surface area contributed by atoms with Gasteiger partial charge in [0.2, 0.25) is 0 Å². The van der Waals surface area contributed by atoms with E-state index in [2.05, 4.69) is 0 Å². The molecule has 0 atom stereocenters. The van der Waals surface area contributed by atoms with Crippen LogP contribution < -0.4 is 0 Å². The number of thioether (sulfide) groups is 1. The molecular formula is C28H20ClN3O4S. The first kappa shape index (κ1) is 24.5. The molecule has 0 N–H and O–H groups in total. The van der Waals surface area contributed by atoms with Gasteiger partial charge >= 0.3 is 0 Å². The number of nitrogens with zero attached hydrogens (tertiary/aromatic N) is 3. The predicted octanol–water partition coefficient (Wildman–Crippen LogP) is 7.18. The topological polar surface area (TPSA) is 88.9 Å². The normalized spacial score (nSPS) is 15.6. The summed E-state index contributed by atoms with van der Waals surface area (Å²) in [6.45, 7) is 0.843. The Kier molecular flexibility index (Phi) is 7.20. The van der Waals surface area contributed by atoms with E-state index in [-0.39, 0.29) is 11.6 Å². The highest BCUT2D eigenvalue weighted by Crippen LogP contribution is 2.36. The van der Waals surface area contributed by atoms with Crippen LogP contribution >= 0.6 is 23.4 Å². The lowest BCUT2D eigenvalue weighted by molar-refractivity contribution is -0.384. The highest BCUT2D eigenvalue weighted by molar-refractivity contribution is 8.18. The van der Waals surface area contributed by atoms with Gasteiger partial charge in [-0.2, -0.15) is 0 Å². The number of aliphatic imine (C=N–C) groups is 1. The molecular weight excluding hydrogens is 510 g/mol. The van der Waals surface area contributed by atoms with E-state index in [1.54, 1.807) is 23.1 Å². The third-order valence-corrected chi connectivity index (χ3v) is 7.01. The molecule has 7 nitrogen and oxygen atoms in total. The Morgan fingerprint density at radius 2 is 1.68 bits per heavy atom. The molecule has 0 unspecified atom stereocenters. The molecule has 0 saturated carbocycles. The number of nitro groups is 1. The smallest absolute Gasteiger partial charge is 0.270 e. The summed E-state index contributed by atoms with van der Waals surface area (Å²) in [4.78, 5) is 31.0. The number of nitro benzene ring substituents is 1. The van der Waals surface area contributed by atoms with Crippen LogP contribution in [0.4, 0.5) is 5.69 Å². The molecule has 1 aromatic heterocycles. The van der Waals surface area contributed by atoms with Gasteiger partial charge in [-0.25, -0.2) is 0 Å². The molecule has 37 heavy (non-hydrogen) atoms.